The van der Waals surface area contributed by atoms with E-state index in [0.29, 0.717) is 48.9 Å². The molecule has 31 heavy (non-hydrogen) atoms. The number of nitrogens with zero attached hydrogens (tertiary/aromatic N) is 3. The van der Waals surface area contributed by atoms with Gasteiger partial charge in [0.25, 0.3) is 5.91 Å². The predicted molar refractivity (Wildman–Crippen MR) is 118 cm³/mol. The lowest BCUT2D eigenvalue weighted by atomic mass is 9.95. The van der Waals surface area contributed by atoms with Gasteiger partial charge in [0.1, 0.15) is 5.82 Å². The third-order valence-corrected chi connectivity index (χ3v) is 6.44. The fourth-order valence-electron chi connectivity index (χ4n) is 4.39. The third kappa shape index (κ3) is 5.25. The van der Waals surface area contributed by atoms with E-state index in [1.807, 2.05) is 11.0 Å². The van der Waals surface area contributed by atoms with Gasteiger partial charge in [0, 0.05) is 62.0 Å². The molecule has 2 saturated heterocycles. The van der Waals surface area contributed by atoms with E-state index in [1.165, 1.54) is 6.07 Å². The molecule has 0 radical (unpaired) electrons. The van der Waals surface area contributed by atoms with Gasteiger partial charge in [-0.15, -0.1) is 0 Å². The Kier molecular flexibility index (Phi) is 6.88. The lowest BCUT2D eigenvalue weighted by molar-refractivity contribution is -0.138. The molecule has 2 amide bonds. The van der Waals surface area contributed by atoms with Crippen molar-refractivity contribution in [3.63, 3.8) is 0 Å². The molecule has 2 fully saturated rings. The number of carbonyl (C=O) groups is 2. The van der Waals surface area contributed by atoms with Gasteiger partial charge in [0.15, 0.2) is 0 Å². The summed E-state index contributed by atoms with van der Waals surface area (Å²) in [6.07, 6.45) is 1.63. The van der Waals surface area contributed by atoms with E-state index in [2.05, 4.69) is 4.90 Å². The van der Waals surface area contributed by atoms with Crippen LogP contribution in [0.3, 0.4) is 0 Å². The number of hydrogen-bond donors (Lipinski definition) is 0. The Balaban J connectivity index is 1.31. The molecule has 5 nitrogen and oxygen atoms in total. The van der Waals surface area contributed by atoms with E-state index < -0.39 is 0 Å². The van der Waals surface area contributed by atoms with Crippen molar-refractivity contribution in [3.8, 4) is 0 Å². The van der Waals surface area contributed by atoms with Crippen LogP contribution in [0.15, 0.2) is 48.5 Å². The summed E-state index contributed by atoms with van der Waals surface area (Å²) in [7, 11) is 0. The maximum absolute atomic E-state index is 13.9. The van der Waals surface area contributed by atoms with Crippen molar-refractivity contribution in [2.45, 2.75) is 19.4 Å². The quantitative estimate of drug-likeness (QED) is 0.724. The van der Waals surface area contributed by atoms with Crippen molar-refractivity contribution >= 4 is 23.4 Å². The van der Waals surface area contributed by atoms with Gasteiger partial charge in [0.05, 0.1) is 5.92 Å². The summed E-state index contributed by atoms with van der Waals surface area (Å²) in [5.74, 6) is -0.278. The molecule has 2 aromatic carbocycles. The Labute approximate surface area is 187 Å². The molecule has 7 heteroatoms. The second-order valence-corrected chi connectivity index (χ2v) is 8.73. The molecule has 0 saturated carbocycles. The zero-order valence-corrected chi connectivity index (χ0v) is 18.2. The first-order valence-electron chi connectivity index (χ1n) is 10.8. The maximum atomic E-state index is 13.9. The molecule has 4 rings (SSSR count). The number of carbonyl (C=O) groups excluding carboxylic acids is 2. The fraction of sp³-hybridized carbons (Fsp3) is 0.417. The van der Waals surface area contributed by atoms with Crippen LogP contribution in [0.2, 0.25) is 5.02 Å². The molecule has 0 N–H and O–H groups in total. The van der Waals surface area contributed by atoms with Crippen molar-refractivity contribution in [2.24, 2.45) is 5.92 Å². The SMILES string of the molecule is O=C(c1ccc(Cl)cc1)N1CCC[C@@H](C(=O)N2CCN(Cc3ccccc3F)CC2)C1. The summed E-state index contributed by atoms with van der Waals surface area (Å²) in [6.45, 7) is 4.39. The van der Waals surface area contributed by atoms with E-state index in [0.717, 1.165) is 25.9 Å². The molecule has 0 bridgehead atoms. The Morgan fingerprint density at radius 2 is 1.65 bits per heavy atom. The molecule has 2 aliphatic rings. The van der Waals surface area contributed by atoms with Crippen LogP contribution >= 0.6 is 11.6 Å². The van der Waals surface area contributed by atoms with Crippen LogP contribution in [0.25, 0.3) is 0 Å². The van der Waals surface area contributed by atoms with Crippen molar-refractivity contribution in [2.75, 3.05) is 39.3 Å². The summed E-state index contributed by atoms with van der Waals surface area (Å²) in [4.78, 5) is 31.8. The van der Waals surface area contributed by atoms with E-state index in [1.54, 1.807) is 41.3 Å². The highest BCUT2D eigenvalue weighted by molar-refractivity contribution is 6.30. The minimum Gasteiger partial charge on any atom is -0.340 e. The van der Waals surface area contributed by atoms with Crippen LogP contribution in [0.5, 0.6) is 0 Å². The average Bonchev–Trinajstić information content (AvgIpc) is 2.81. The standard InChI is InChI=1S/C24H27ClFN3O2/c25-21-9-7-18(8-10-21)23(30)29-11-3-5-20(17-29)24(31)28-14-12-27(13-15-28)16-19-4-1-2-6-22(19)26/h1-2,4,6-10,20H,3,5,11-17H2/t20-/m1/s1. The number of halogens is 2. The maximum Gasteiger partial charge on any atom is 0.253 e. The Bertz CT molecular complexity index is 929. The van der Waals surface area contributed by atoms with Gasteiger partial charge in [-0.2, -0.15) is 0 Å². The lowest BCUT2D eigenvalue weighted by Crippen LogP contribution is -2.52. The van der Waals surface area contributed by atoms with Gasteiger partial charge in [-0.05, 0) is 43.2 Å². The first-order valence-corrected chi connectivity index (χ1v) is 11.2. The topological polar surface area (TPSA) is 43.9 Å². The monoisotopic (exact) mass is 443 g/mol. The molecule has 0 unspecified atom stereocenters. The summed E-state index contributed by atoms with van der Waals surface area (Å²) in [5, 5.41) is 0.595. The van der Waals surface area contributed by atoms with Crippen LogP contribution in [-0.2, 0) is 11.3 Å². The molecule has 164 valence electrons. The molecule has 2 heterocycles. The Morgan fingerprint density at radius 1 is 0.935 bits per heavy atom. The van der Waals surface area contributed by atoms with E-state index in [-0.39, 0.29) is 23.5 Å². The second-order valence-electron chi connectivity index (χ2n) is 8.29. The number of rotatable bonds is 4. The van der Waals surface area contributed by atoms with Crippen LogP contribution in [0, 0.1) is 11.7 Å². The molecule has 0 aliphatic carbocycles. The number of likely N-dealkylation sites (tertiary alicyclic amines) is 1. The molecular weight excluding hydrogens is 417 g/mol. The number of piperidine rings is 1. The summed E-state index contributed by atoms with van der Waals surface area (Å²) >= 11 is 5.92. The largest absolute Gasteiger partial charge is 0.340 e. The average molecular weight is 444 g/mol. The highest BCUT2D eigenvalue weighted by Crippen LogP contribution is 2.22. The van der Waals surface area contributed by atoms with E-state index in [4.69, 9.17) is 11.6 Å². The molecular formula is C24H27ClFN3O2. The predicted octanol–water partition coefficient (Wildman–Crippen LogP) is 3.68. The van der Waals surface area contributed by atoms with Crippen LogP contribution in [0.4, 0.5) is 4.39 Å². The zero-order chi connectivity index (χ0) is 21.8. The molecule has 0 spiro atoms. The molecule has 2 aliphatic heterocycles. The summed E-state index contributed by atoms with van der Waals surface area (Å²) in [6, 6.07) is 13.7. The number of benzene rings is 2. The number of piperazine rings is 1. The number of hydrogen-bond acceptors (Lipinski definition) is 3. The molecule has 2 aromatic rings. The third-order valence-electron chi connectivity index (χ3n) is 6.18. The first kappa shape index (κ1) is 21.8. The number of amides is 2. The lowest BCUT2D eigenvalue weighted by Gasteiger charge is -2.39. The van der Waals surface area contributed by atoms with Gasteiger partial charge in [-0.3, -0.25) is 14.5 Å². The Hall–Kier alpha value is -2.44. The van der Waals surface area contributed by atoms with Crippen molar-refractivity contribution < 1.29 is 14.0 Å². The highest BCUT2D eigenvalue weighted by Gasteiger charge is 2.33. The minimum absolute atomic E-state index is 0.0520. The van der Waals surface area contributed by atoms with Crippen LogP contribution < -0.4 is 0 Å². The Morgan fingerprint density at radius 3 is 2.35 bits per heavy atom. The van der Waals surface area contributed by atoms with Gasteiger partial charge in [-0.25, -0.2) is 4.39 Å². The zero-order valence-electron chi connectivity index (χ0n) is 17.5. The fourth-order valence-corrected chi connectivity index (χ4v) is 4.52. The van der Waals surface area contributed by atoms with Gasteiger partial charge in [-0.1, -0.05) is 29.8 Å². The minimum atomic E-state index is -0.186. The normalized spacial score (nSPS) is 20.0. The summed E-state index contributed by atoms with van der Waals surface area (Å²) in [5.41, 5.74) is 1.28. The van der Waals surface area contributed by atoms with Gasteiger partial charge in [0.2, 0.25) is 5.91 Å². The van der Waals surface area contributed by atoms with Crippen molar-refractivity contribution in [3.05, 3.63) is 70.5 Å². The van der Waals surface area contributed by atoms with E-state index >= 15 is 0 Å². The first-order chi connectivity index (χ1) is 15.0. The van der Waals surface area contributed by atoms with Crippen molar-refractivity contribution in [1.82, 2.24) is 14.7 Å². The summed E-state index contributed by atoms with van der Waals surface area (Å²) < 4.78 is 13.9. The van der Waals surface area contributed by atoms with Crippen LogP contribution in [-0.4, -0.2) is 65.8 Å². The highest BCUT2D eigenvalue weighted by atomic mass is 35.5. The van der Waals surface area contributed by atoms with Crippen molar-refractivity contribution in [1.29, 1.82) is 0 Å². The van der Waals surface area contributed by atoms with Gasteiger partial charge >= 0.3 is 0 Å². The molecule has 1 atom stereocenters. The smallest absolute Gasteiger partial charge is 0.253 e. The van der Waals surface area contributed by atoms with E-state index in [9.17, 15) is 14.0 Å². The van der Waals surface area contributed by atoms with Gasteiger partial charge < -0.3 is 9.80 Å². The van der Waals surface area contributed by atoms with Crippen LogP contribution in [0.1, 0.15) is 28.8 Å². The molecule has 0 aromatic heterocycles. The second kappa shape index (κ2) is 9.79.